The van der Waals surface area contributed by atoms with Crippen LogP contribution >= 0.6 is 0 Å². The number of pyridine rings is 1. The molecule has 0 radical (unpaired) electrons. The molecule has 0 aliphatic heterocycles. The van der Waals surface area contributed by atoms with Crippen LogP contribution in [0.4, 0.5) is 16.2 Å². The molecule has 0 fully saturated rings. The number of rotatable bonds is 4. The van der Waals surface area contributed by atoms with Gasteiger partial charge in [0.05, 0.1) is 0 Å². The van der Waals surface area contributed by atoms with Crippen LogP contribution in [0, 0.1) is 6.92 Å². The molecule has 1 aromatic heterocycles. The highest BCUT2D eigenvalue weighted by atomic mass is 16.2. The summed E-state index contributed by atoms with van der Waals surface area (Å²) >= 11 is 0. The van der Waals surface area contributed by atoms with Crippen LogP contribution in [-0.2, 0) is 6.42 Å². The minimum Gasteiger partial charge on any atom is -0.308 e. The average molecular weight is 317 g/mol. The minimum atomic E-state index is -0.249. The molecule has 3 rings (SSSR count). The molecule has 4 heteroatoms. The van der Waals surface area contributed by atoms with Crippen molar-refractivity contribution in [1.29, 1.82) is 0 Å². The Bertz CT molecular complexity index is 797. The van der Waals surface area contributed by atoms with Crippen LogP contribution in [0.15, 0.2) is 73.1 Å². The molecule has 1 heterocycles. The summed E-state index contributed by atoms with van der Waals surface area (Å²) in [7, 11) is 0. The highest BCUT2D eigenvalue weighted by molar-refractivity contribution is 5.99. The molecule has 4 nitrogen and oxygen atoms in total. The van der Waals surface area contributed by atoms with Crippen molar-refractivity contribution < 1.29 is 4.79 Å². The van der Waals surface area contributed by atoms with Gasteiger partial charge in [-0.25, -0.2) is 4.79 Å². The van der Waals surface area contributed by atoms with Gasteiger partial charge in [-0.05, 0) is 60.9 Å². The van der Waals surface area contributed by atoms with Gasteiger partial charge < -0.3 is 10.6 Å². The maximum Gasteiger partial charge on any atom is 0.323 e. The van der Waals surface area contributed by atoms with Crippen molar-refractivity contribution in [1.82, 2.24) is 4.98 Å². The molecule has 0 bridgehead atoms. The number of anilines is 2. The first-order valence-corrected chi connectivity index (χ1v) is 7.81. The Balaban J connectivity index is 1.57. The Labute approximate surface area is 141 Å². The van der Waals surface area contributed by atoms with Crippen LogP contribution in [0.3, 0.4) is 0 Å². The van der Waals surface area contributed by atoms with E-state index >= 15 is 0 Å². The van der Waals surface area contributed by atoms with E-state index in [0.717, 1.165) is 23.4 Å². The molecule has 0 unspecified atom stereocenters. The van der Waals surface area contributed by atoms with E-state index in [4.69, 9.17) is 0 Å². The molecule has 2 aromatic carbocycles. The fraction of sp³-hybridized carbons (Fsp3) is 0.100. The molecular weight excluding hydrogens is 298 g/mol. The molecule has 0 saturated carbocycles. The Morgan fingerprint density at radius 2 is 1.29 bits per heavy atom. The van der Waals surface area contributed by atoms with E-state index in [2.05, 4.69) is 15.6 Å². The highest BCUT2D eigenvalue weighted by Crippen LogP contribution is 2.14. The number of hydrogen-bond donors (Lipinski definition) is 2. The Hall–Kier alpha value is -3.14. The SMILES string of the molecule is Cc1ccc(NC(=O)Nc2ccc(Cc3ccncc3)cc2)cc1. The number of carbonyl (C=O) groups is 1. The van der Waals surface area contributed by atoms with Crippen molar-refractivity contribution in [3.05, 3.63) is 89.7 Å². The number of aromatic nitrogens is 1. The first-order chi connectivity index (χ1) is 11.7. The summed E-state index contributed by atoms with van der Waals surface area (Å²) in [5.41, 5.74) is 5.09. The first kappa shape index (κ1) is 15.7. The van der Waals surface area contributed by atoms with Crippen molar-refractivity contribution in [2.75, 3.05) is 10.6 Å². The fourth-order valence-corrected chi connectivity index (χ4v) is 2.37. The van der Waals surface area contributed by atoms with E-state index in [1.807, 2.05) is 67.6 Å². The number of benzene rings is 2. The zero-order valence-electron chi connectivity index (χ0n) is 13.5. The fourth-order valence-electron chi connectivity index (χ4n) is 2.37. The second-order valence-electron chi connectivity index (χ2n) is 5.67. The summed E-state index contributed by atoms with van der Waals surface area (Å²) in [5, 5.41) is 5.65. The number of nitrogens with zero attached hydrogens (tertiary/aromatic N) is 1. The van der Waals surface area contributed by atoms with Crippen LogP contribution in [0.25, 0.3) is 0 Å². The summed E-state index contributed by atoms with van der Waals surface area (Å²) in [5.74, 6) is 0. The third kappa shape index (κ3) is 4.43. The van der Waals surface area contributed by atoms with Gasteiger partial charge in [-0.2, -0.15) is 0 Å². The third-order valence-corrected chi connectivity index (χ3v) is 3.68. The van der Waals surface area contributed by atoms with Crippen molar-refractivity contribution in [2.24, 2.45) is 0 Å². The highest BCUT2D eigenvalue weighted by Gasteiger charge is 2.03. The predicted molar refractivity (Wildman–Crippen MR) is 97.3 cm³/mol. The monoisotopic (exact) mass is 317 g/mol. The summed E-state index contributed by atoms with van der Waals surface area (Å²) < 4.78 is 0. The van der Waals surface area contributed by atoms with E-state index in [-0.39, 0.29) is 6.03 Å². The lowest BCUT2D eigenvalue weighted by Gasteiger charge is -2.09. The molecule has 120 valence electrons. The smallest absolute Gasteiger partial charge is 0.308 e. The van der Waals surface area contributed by atoms with Crippen LogP contribution in [-0.4, -0.2) is 11.0 Å². The van der Waals surface area contributed by atoms with Crippen molar-refractivity contribution in [2.45, 2.75) is 13.3 Å². The Morgan fingerprint density at radius 1 is 0.792 bits per heavy atom. The largest absolute Gasteiger partial charge is 0.323 e. The number of aryl methyl sites for hydroxylation is 1. The van der Waals surface area contributed by atoms with Gasteiger partial charge in [0, 0.05) is 23.8 Å². The van der Waals surface area contributed by atoms with Gasteiger partial charge >= 0.3 is 6.03 Å². The summed E-state index contributed by atoms with van der Waals surface area (Å²) in [6, 6.07) is 19.3. The van der Waals surface area contributed by atoms with Crippen LogP contribution in [0.1, 0.15) is 16.7 Å². The maximum absolute atomic E-state index is 12.0. The molecule has 3 aromatic rings. The first-order valence-electron chi connectivity index (χ1n) is 7.81. The molecule has 0 atom stereocenters. The molecule has 24 heavy (non-hydrogen) atoms. The number of amides is 2. The lowest BCUT2D eigenvalue weighted by atomic mass is 10.1. The molecule has 2 amide bonds. The van der Waals surface area contributed by atoms with Crippen molar-refractivity contribution in [3.63, 3.8) is 0 Å². The van der Waals surface area contributed by atoms with Crippen LogP contribution < -0.4 is 10.6 Å². The van der Waals surface area contributed by atoms with E-state index in [1.165, 1.54) is 11.1 Å². The maximum atomic E-state index is 12.0. The molecule has 0 saturated heterocycles. The number of carbonyl (C=O) groups excluding carboxylic acids is 1. The van der Waals surface area contributed by atoms with Gasteiger partial charge in [-0.15, -0.1) is 0 Å². The van der Waals surface area contributed by atoms with Crippen LogP contribution in [0.2, 0.25) is 0 Å². The third-order valence-electron chi connectivity index (χ3n) is 3.68. The molecule has 0 aliphatic rings. The van der Waals surface area contributed by atoms with Gasteiger partial charge in [-0.1, -0.05) is 29.8 Å². The average Bonchev–Trinajstić information content (AvgIpc) is 2.60. The van der Waals surface area contributed by atoms with Gasteiger partial charge in [0.1, 0.15) is 0 Å². The van der Waals surface area contributed by atoms with E-state index < -0.39 is 0 Å². The second-order valence-corrected chi connectivity index (χ2v) is 5.67. The normalized spacial score (nSPS) is 10.2. The summed E-state index contributed by atoms with van der Waals surface area (Å²) in [6.45, 7) is 2.01. The van der Waals surface area contributed by atoms with E-state index in [1.54, 1.807) is 12.4 Å². The minimum absolute atomic E-state index is 0.249. The molecule has 0 aliphatic carbocycles. The van der Waals surface area contributed by atoms with Gasteiger partial charge in [-0.3, -0.25) is 4.98 Å². The summed E-state index contributed by atoms with van der Waals surface area (Å²) in [4.78, 5) is 16.0. The second kappa shape index (κ2) is 7.42. The van der Waals surface area contributed by atoms with Gasteiger partial charge in [0.2, 0.25) is 0 Å². The lowest BCUT2D eigenvalue weighted by Crippen LogP contribution is -2.19. The Morgan fingerprint density at radius 3 is 1.88 bits per heavy atom. The van der Waals surface area contributed by atoms with Crippen molar-refractivity contribution in [3.8, 4) is 0 Å². The van der Waals surface area contributed by atoms with E-state index in [0.29, 0.717) is 0 Å². The summed E-state index contributed by atoms with van der Waals surface area (Å²) in [6.07, 6.45) is 4.43. The van der Waals surface area contributed by atoms with Gasteiger partial charge in [0.25, 0.3) is 0 Å². The number of hydrogen-bond acceptors (Lipinski definition) is 2. The molecule has 2 N–H and O–H groups in total. The topological polar surface area (TPSA) is 54.0 Å². The lowest BCUT2D eigenvalue weighted by molar-refractivity contribution is 0.262. The van der Waals surface area contributed by atoms with Crippen molar-refractivity contribution >= 4 is 17.4 Å². The Kier molecular flexibility index (Phi) is 4.87. The quantitative estimate of drug-likeness (QED) is 0.737. The zero-order valence-corrected chi connectivity index (χ0v) is 13.5. The number of urea groups is 1. The van der Waals surface area contributed by atoms with Crippen LogP contribution in [0.5, 0.6) is 0 Å². The van der Waals surface area contributed by atoms with E-state index in [9.17, 15) is 4.79 Å². The molecule has 0 spiro atoms. The predicted octanol–water partition coefficient (Wildman–Crippen LogP) is 4.62. The number of nitrogens with one attached hydrogen (secondary N) is 2. The van der Waals surface area contributed by atoms with Gasteiger partial charge in [0.15, 0.2) is 0 Å². The zero-order chi connectivity index (χ0) is 16.8. The molecular formula is C20H19N3O. The standard InChI is InChI=1S/C20H19N3O/c1-15-2-6-18(7-3-15)22-20(24)23-19-8-4-16(5-9-19)14-17-10-12-21-13-11-17/h2-13H,14H2,1H3,(H2,22,23,24).